The van der Waals surface area contributed by atoms with Crippen molar-refractivity contribution in [2.75, 3.05) is 6.61 Å². The zero-order valence-corrected chi connectivity index (χ0v) is 14.4. The molecule has 1 amide bonds. The molecule has 0 bridgehead atoms. The van der Waals surface area contributed by atoms with E-state index in [1.54, 1.807) is 29.2 Å². The van der Waals surface area contributed by atoms with Crippen LogP contribution in [0.25, 0.3) is 0 Å². The number of aromatic nitrogens is 3. The van der Waals surface area contributed by atoms with E-state index in [4.69, 9.17) is 27.9 Å². The van der Waals surface area contributed by atoms with E-state index in [1.807, 2.05) is 13.8 Å². The number of ether oxygens (including phenoxy) is 1. The molecule has 6 nitrogen and oxygen atoms in total. The number of carbonyl (C=O) groups is 1. The highest BCUT2D eigenvalue weighted by atomic mass is 35.5. The summed E-state index contributed by atoms with van der Waals surface area (Å²) in [5.74, 6) is 0.431. The van der Waals surface area contributed by atoms with Crippen molar-refractivity contribution >= 4 is 29.1 Å². The molecule has 1 heterocycles. The third-order valence-electron chi connectivity index (χ3n) is 3.25. The van der Waals surface area contributed by atoms with Gasteiger partial charge in [-0.15, -0.1) is 0 Å². The lowest BCUT2D eigenvalue weighted by Gasteiger charge is -2.22. The standard InChI is InChI=1S/C15H18Cl2N4O2/c1-10(2)13(6-21-9-18-8-19-21)20-15(22)7-23-14-4-3-11(16)5-12(14)17/h3-5,8-10,13H,6-7H2,1-2H3,(H,20,22)/t13-/m1/s1. The molecule has 2 rings (SSSR count). The quantitative estimate of drug-likeness (QED) is 0.827. The largest absolute Gasteiger partial charge is 0.482 e. The highest BCUT2D eigenvalue weighted by molar-refractivity contribution is 6.35. The Hall–Kier alpha value is -1.79. The second kappa shape index (κ2) is 8.17. The highest BCUT2D eigenvalue weighted by Gasteiger charge is 2.17. The van der Waals surface area contributed by atoms with Gasteiger partial charge in [-0.2, -0.15) is 5.10 Å². The van der Waals surface area contributed by atoms with E-state index in [9.17, 15) is 4.79 Å². The summed E-state index contributed by atoms with van der Waals surface area (Å²) >= 11 is 11.8. The molecular formula is C15H18Cl2N4O2. The molecule has 124 valence electrons. The molecule has 0 saturated heterocycles. The molecule has 0 aliphatic heterocycles. The molecule has 8 heteroatoms. The smallest absolute Gasteiger partial charge is 0.258 e. The van der Waals surface area contributed by atoms with Gasteiger partial charge in [-0.3, -0.25) is 9.48 Å². The Bertz CT molecular complexity index is 647. The third-order valence-corrected chi connectivity index (χ3v) is 3.78. The van der Waals surface area contributed by atoms with Crippen LogP contribution in [0.2, 0.25) is 10.0 Å². The predicted octanol–water partition coefficient (Wildman–Crippen LogP) is 2.80. The van der Waals surface area contributed by atoms with Crippen molar-refractivity contribution in [1.29, 1.82) is 0 Å². The maximum atomic E-state index is 12.1. The van der Waals surface area contributed by atoms with Gasteiger partial charge in [0.05, 0.1) is 17.6 Å². The first-order chi connectivity index (χ1) is 11.0. The SMILES string of the molecule is CC(C)[C@@H](Cn1cncn1)NC(=O)COc1ccc(Cl)cc1Cl. The number of carbonyl (C=O) groups excluding carboxylic acids is 1. The number of benzene rings is 1. The van der Waals surface area contributed by atoms with E-state index in [0.717, 1.165) is 0 Å². The van der Waals surface area contributed by atoms with Crippen molar-refractivity contribution < 1.29 is 9.53 Å². The number of nitrogens with zero attached hydrogens (tertiary/aromatic N) is 3. The van der Waals surface area contributed by atoms with Crippen LogP contribution in [0, 0.1) is 5.92 Å². The molecule has 0 fully saturated rings. The summed E-state index contributed by atoms with van der Waals surface area (Å²) in [4.78, 5) is 16.0. The average Bonchev–Trinajstić information content (AvgIpc) is 2.98. The lowest BCUT2D eigenvalue weighted by atomic mass is 10.0. The van der Waals surface area contributed by atoms with Gasteiger partial charge in [-0.25, -0.2) is 4.98 Å². The monoisotopic (exact) mass is 356 g/mol. The molecule has 1 aromatic carbocycles. The Morgan fingerprint density at radius 1 is 1.39 bits per heavy atom. The fraction of sp³-hybridized carbons (Fsp3) is 0.400. The van der Waals surface area contributed by atoms with Gasteiger partial charge in [0.25, 0.3) is 5.91 Å². The fourth-order valence-corrected chi connectivity index (χ4v) is 2.40. The Kier molecular flexibility index (Phi) is 6.24. The van der Waals surface area contributed by atoms with E-state index in [-0.39, 0.29) is 24.5 Å². The lowest BCUT2D eigenvalue weighted by molar-refractivity contribution is -0.124. The van der Waals surface area contributed by atoms with Crippen LogP contribution in [-0.4, -0.2) is 33.3 Å². The molecule has 2 aromatic rings. The Balaban J connectivity index is 1.89. The van der Waals surface area contributed by atoms with E-state index < -0.39 is 0 Å². The average molecular weight is 357 g/mol. The fourth-order valence-electron chi connectivity index (χ4n) is 1.94. The molecule has 0 spiro atoms. The molecule has 0 unspecified atom stereocenters. The van der Waals surface area contributed by atoms with Crippen LogP contribution in [0.3, 0.4) is 0 Å². The first-order valence-electron chi connectivity index (χ1n) is 7.15. The number of hydrogen-bond acceptors (Lipinski definition) is 4. The van der Waals surface area contributed by atoms with Crippen molar-refractivity contribution in [1.82, 2.24) is 20.1 Å². The Morgan fingerprint density at radius 3 is 2.78 bits per heavy atom. The number of hydrogen-bond donors (Lipinski definition) is 1. The molecule has 23 heavy (non-hydrogen) atoms. The zero-order chi connectivity index (χ0) is 16.8. The molecule has 0 aliphatic rings. The maximum Gasteiger partial charge on any atom is 0.258 e. The van der Waals surface area contributed by atoms with Crippen molar-refractivity contribution in [2.45, 2.75) is 26.4 Å². The van der Waals surface area contributed by atoms with Crippen LogP contribution < -0.4 is 10.1 Å². The third kappa shape index (κ3) is 5.41. The highest BCUT2D eigenvalue weighted by Crippen LogP contribution is 2.27. The van der Waals surface area contributed by atoms with E-state index in [0.29, 0.717) is 22.3 Å². The van der Waals surface area contributed by atoms with Crippen LogP contribution in [0.4, 0.5) is 0 Å². The summed E-state index contributed by atoms with van der Waals surface area (Å²) in [6.45, 7) is 4.48. The molecule has 0 aliphatic carbocycles. The van der Waals surface area contributed by atoms with Gasteiger partial charge < -0.3 is 10.1 Å². The number of rotatable bonds is 7. The van der Waals surface area contributed by atoms with Crippen LogP contribution in [0.1, 0.15) is 13.8 Å². The van der Waals surface area contributed by atoms with Gasteiger partial charge in [-0.05, 0) is 24.1 Å². The molecular weight excluding hydrogens is 339 g/mol. The predicted molar refractivity (Wildman–Crippen MR) is 88.7 cm³/mol. The second-order valence-electron chi connectivity index (χ2n) is 5.40. The van der Waals surface area contributed by atoms with Crippen LogP contribution >= 0.6 is 23.2 Å². The number of nitrogens with one attached hydrogen (secondary N) is 1. The zero-order valence-electron chi connectivity index (χ0n) is 12.9. The first kappa shape index (κ1) is 17.6. The van der Waals surface area contributed by atoms with Crippen LogP contribution in [0.5, 0.6) is 5.75 Å². The Labute approximate surface area is 144 Å². The van der Waals surface area contributed by atoms with Gasteiger partial charge in [0.2, 0.25) is 0 Å². The van der Waals surface area contributed by atoms with E-state index >= 15 is 0 Å². The van der Waals surface area contributed by atoms with Crippen molar-refractivity contribution in [3.63, 3.8) is 0 Å². The summed E-state index contributed by atoms with van der Waals surface area (Å²) in [6.07, 6.45) is 3.08. The van der Waals surface area contributed by atoms with Crippen LogP contribution in [-0.2, 0) is 11.3 Å². The summed E-state index contributed by atoms with van der Waals surface area (Å²) in [7, 11) is 0. The van der Waals surface area contributed by atoms with Crippen LogP contribution in [0.15, 0.2) is 30.9 Å². The van der Waals surface area contributed by atoms with Crippen molar-refractivity contribution in [3.05, 3.63) is 40.9 Å². The summed E-state index contributed by atoms with van der Waals surface area (Å²) in [5, 5.41) is 7.87. The molecule has 0 radical (unpaired) electrons. The molecule has 1 atom stereocenters. The topological polar surface area (TPSA) is 69.0 Å². The molecule has 1 aromatic heterocycles. The van der Waals surface area contributed by atoms with Gasteiger partial charge in [0.15, 0.2) is 6.61 Å². The normalized spacial score (nSPS) is 12.2. The van der Waals surface area contributed by atoms with Gasteiger partial charge in [-0.1, -0.05) is 37.0 Å². The van der Waals surface area contributed by atoms with Gasteiger partial charge in [0.1, 0.15) is 18.4 Å². The lowest BCUT2D eigenvalue weighted by Crippen LogP contribution is -2.43. The summed E-state index contributed by atoms with van der Waals surface area (Å²) in [5.41, 5.74) is 0. The van der Waals surface area contributed by atoms with Gasteiger partial charge in [0, 0.05) is 5.02 Å². The second-order valence-corrected chi connectivity index (χ2v) is 6.24. The van der Waals surface area contributed by atoms with E-state index in [2.05, 4.69) is 15.4 Å². The molecule has 1 N–H and O–H groups in total. The van der Waals surface area contributed by atoms with Gasteiger partial charge >= 0.3 is 0 Å². The van der Waals surface area contributed by atoms with Crippen molar-refractivity contribution in [2.24, 2.45) is 5.92 Å². The minimum atomic E-state index is -0.227. The van der Waals surface area contributed by atoms with E-state index in [1.165, 1.54) is 6.33 Å². The summed E-state index contributed by atoms with van der Waals surface area (Å²) in [6, 6.07) is 4.78. The first-order valence-corrected chi connectivity index (χ1v) is 7.91. The summed E-state index contributed by atoms with van der Waals surface area (Å²) < 4.78 is 7.11. The number of amides is 1. The Morgan fingerprint density at radius 2 is 2.17 bits per heavy atom. The maximum absolute atomic E-state index is 12.1. The van der Waals surface area contributed by atoms with Crippen molar-refractivity contribution in [3.8, 4) is 5.75 Å². The number of halogens is 2. The minimum Gasteiger partial charge on any atom is -0.482 e. The minimum absolute atomic E-state index is 0.0755. The molecule has 0 saturated carbocycles.